The summed E-state index contributed by atoms with van der Waals surface area (Å²) < 4.78 is 17.0. The van der Waals surface area contributed by atoms with Crippen LogP contribution in [0.1, 0.15) is 59.1 Å². The summed E-state index contributed by atoms with van der Waals surface area (Å²) in [4.78, 5) is 40.2. The molecule has 10 heteroatoms. The van der Waals surface area contributed by atoms with Crippen LogP contribution in [0.5, 0.6) is 0 Å². The number of carbonyl (C=O) groups excluding carboxylic acids is 2. The number of fused-ring (bicyclic) bond motifs is 1. The third-order valence-electron chi connectivity index (χ3n) is 7.45. The lowest BCUT2D eigenvalue weighted by molar-refractivity contribution is -0.127. The van der Waals surface area contributed by atoms with E-state index in [1.54, 1.807) is 27.8 Å². The Morgan fingerprint density at radius 2 is 1.90 bits per heavy atom. The number of pyridine rings is 1. The quantitative estimate of drug-likeness (QED) is 0.357. The summed E-state index contributed by atoms with van der Waals surface area (Å²) in [6.07, 6.45) is 8.51. The number of likely N-dealkylation sites (tertiary alicyclic amines) is 1. The number of anilines is 2. The summed E-state index contributed by atoms with van der Waals surface area (Å²) in [7, 11) is 0. The summed E-state index contributed by atoms with van der Waals surface area (Å²) in [5, 5.41) is 2.71. The lowest BCUT2D eigenvalue weighted by atomic mass is 9.94. The maximum absolute atomic E-state index is 15.3. The standard InChI is InChI=1S/C29H28FN7O2/c1-2-25(38)36-13-3-4-20(16-36)26-23-10-12-33-29(31)37(23)27(35-26)19-7-8-21(22(30)14-19)28(39)34-24-15-18(9-11-32-24)17-5-6-17/h2,7-12,14-15,17,20H,1,3-6,13,16H2,(H2,31,33)(H,32,34,39). The molecule has 4 heterocycles. The van der Waals surface area contributed by atoms with Crippen molar-refractivity contribution < 1.29 is 14.0 Å². The van der Waals surface area contributed by atoms with Crippen molar-refractivity contribution in [3.8, 4) is 11.4 Å². The number of amides is 2. The zero-order chi connectivity index (χ0) is 27.1. The predicted molar refractivity (Wildman–Crippen MR) is 146 cm³/mol. The molecule has 0 spiro atoms. The number of piperidine rings is 1. The zero-order valence-electron chi connectivity index (χ0n) is 21.3. The van der Waals surface area contributed by atoms with Gasteiger partial charge in [0.1, 0.15) is 17.5 Å². The molecule has 1 unspecified atom stereocenters. The van der Waals surface area contributed by atoms with Crippen LogP contribution in [0.4, 0.5) is 16.2 Å². The average molecular weight is 526 g/mol. The number of nitrogen functional groups attached to an aromatic ring is 1. The molecule has 4 aromatic rings. The Hall–Kier alpha value is -4.60. The van der Waals surface area contributed by atoms with Gasteiger partial charge in [0.2, 0.25) is 11.9 Å². The topological polar surface area (TPSA) is 119 Å². The molecule has 2 fully saturated rings. The molecule has 1 saturated carbocycles. The maximum Gasteiger partial charge on any atom is 0.259 e. The summed E-state index contributed by atoms with van der Waals surface area (Å²) in [5.74, 6) is 0.120. The summed E-state index contributed by atoms with van der Waals surface area (Å²) >= 11 is 0. The number of nitrogens with two attached hydrogens (primary N) is 1. The number of nitrogens with one attached hydrogen (secondary N) is 1. The van der Waals surface area contributed by atoms with E-state index in [4.69, 9.17) is 10.7 Å². The Balaban J connectivity index is 1.31. The van der Waals surface area contributed by atoms with E-state index in [-0.39, 0.29) is 23.3 Å². The molecule has 6 rings (SSSR count). The molecule has 0 radical (unpaired) electrons. The molecular weight excluding hydrogens is 497 g/mol. The van der Waals surface area contributed by atoms with Crippen molar-refractivity contribution in [3.05, 3.63) is 84.1 Å². The number of hydrogen-bond acceptors (Lipinski definition) is 6. The molecule has 2 aliphatic rings. The van der Waals surface area contributed by atoms with Crippen LogP contribution in [0.25, 0.3) is 16.9 Å². The smallest absolute Gasteiger partial charge is 0.259 e. The Bertz CT molecular complexity index is 1610. The van der Waals surface area contributed by atoms with Gasteiger partial charge in [-0.1, -0.05) is 12.6 Å². The highest BCUT2D eigenvalue weighted by molar-refractivity contribution is 6.04. The Labute approximate surface area is 224 Å². The second kappa shape index (κ2) is 9.94. The number of imidazole rings is 1. The fourth-order valence-corrected chi connectivity index (χ4v) is 5.32. The molecule has 39 heavy (non-hydrogen) atoms. The summed E-state index contributed by atoms with van der Waals surface area (Å²) in [5.41, 5.74) is 9.24. The molecule has 3 N–H and O–H groups in total. The third-order valence-corrected chi connectivity index (χ3v) is 7.45. The molecule has 9 nitrogen and oxygen atoms in total. The minimum atomic E-state index is -0.690. The van der Waals surface area contributed by atoms with Gasteiger partial charge in [-0.2, -0.15) is 0 Å². The molecule has 1 atom stereocenters. The molecule has 0 bridgehead atoms. The first-order valence-corrected chi connectivity index (χ1v) is 13.0. The fraction of sp³-hybridized carbons (Fsp3) is 0.276. The van der Waals surface area contributed by atoms with Crippen molar-refractivity contribution in [1.82, 2.24) is 24.3 Å². The van der Waals surface area contributed by atoms with E-state index in [0.717, 1.165) is 42.5 Å². The maximum atomic E-state index is 15.3. The number of aromatic nitrogens is 4. The summed E-state index contributed by atoms with van der Waals surface area (Å²) in [6, 6.07) is 9.95. The molecule has 1 aliphatic carbocycles. The van der Waals surface area contributed by atoms with Crippen LogP contribution in [-0.4, -0.2) is 49.2 Å². The van der Waals surface area contributed by atoms with Gasteiger partial charge in [0, 0.05) is 37.0 Å². The molecule has 1 aliphatic heterocycles. The van der Waals surface area contributed by atoms with Gasteiger partial charge in [-0.3, -0.25) is 14.0 Å². The van der Waals surface area contributed by atoms with Crippen LogP contribution >= 0.6 is 0 Å². The van der Waals surface area contributed by atoms with E-state index >= 15 is 4.39 Å². The SMILES string of the molecule is C=CC(=O)N1CCCC(c2nc(-c3ccc(C(=O)Nc4cc(C5CC5)ccn4)c(F)c3)n3c(N)nccc23)C1. The van der Waals surface area contributed by atoms with Crippen LogP contribution in [-0.2, 0) is 4.79 Å². The van der Waals surface area contributed by atoms with Gasteiger partial charge in [0.25, 0.3) is 5.91 Å². The number of benzene rings is 1. The minimum absolute atomic E-state index is 0.0259. The van der Waals surface area contributed by atoms with Gasteiger partial charge in [-0.05, 0) is 73.6 Å². The van der Waals surface area contributed by atoms with Crippen molar-refractivity contribution in [2.75, 3.05) is 24.1 Å². The first-order chi connectivity index (χ1) is 18.9. The average Bonchev–Trinajstić information content (AvgIpc) is 3.73. The molecule has 198 valence electrons. The second-order valence-electron chi connectivity index (χ2n) is 10.1. The van der Waals surface area contributed by atoms with Crippen molar-refractivity contribution in [2.24, 2.45) is 0 Å². The van der Waals surface area contributed by atoms with Crippen LogP contribution in [0.2, 0.25) is 0 Å². The Morgan fingerprint density at radius 1 is 1.08 bits per heavy atom. The largest absolute Gasteiger partial charge is 0.369 e. The van der Waals surface area contributed by atoms with Crippen LogP contribution in [0.3, 0.4) is 0 Å². The predicted octanol–water partition coefficient (Wildman–Crippen LogP) is 4.53. The highest BCUT2D eigenvalue weighted by Gasteiger charge is 2.29. The lowest BCUT2D eigenvalue weighted by Gasteiger charge is -2.31. The molecule has 2 amide bonds. The number of carbonyl (C=O) groups is 2. The van der Waals surface area contributed by atoms with Crippen molar-refractivity contribution in [1.29, 1.82) is 0 Å². The van der Waals surface area contributed by atoms with E-state index in [0.29, 0.717) is 36.2 Å². The van der Waals surface area contributed by atoms with Crippen LogP contribution in [0, 0.1) is 5.82 Å². The van der Waals surface area contributed by atoms with Crippen LogP contribution < -0.4 is 11.1 Å². The monoisotopic (exact) mass is 525 g/mol. The van der Waals surface area contributed by atoms with E-state index < -0.39 is 11.7 Å². The van der Waals surface area contributed by atoms with Crippen molar-refractivity contribution >= 4 is 29.1 Å². The molecule has 1 saturated heterocycles. The van der Waals surface area contributed by atoms with E-state index in [2.05, 4.69) is 21.9 Å². The van der Waals surface area contributed by atoms with Crippen molar-refractivity contribution in [3.63, 3.8) is 0 Å². The Kier molecular flexibility index (Phi) is 6.30. The first kappa shape index (κ1) is 24.7. The van der Waals surface area contributed by atoms with Gasteiger partial charge in [0.15, 0.2) is 0 Å². The number of hydrogen-bond donors (Lipinski definition) is 2. The van der Waals surface area contributed by atoms with E-state index in [1.165, 1.54) is 18.2 Å². The minimum Gasteiger partial charge on any atom is -0.369 e. The van der Waals surface area contributed by atoms with Gasteiger partial charge in [0.05, 0.1) is 16.8 Å². The van der Waals surface area contributed by atoms with E-state index in [1.807, 2.05) is 18.2 Å². The number of nitrogens with zero attached hydrogens (tertiary/aromatic N) is 5. The van der Waals surface area contributed by atoms with Crippen molar-refractivity contribution in [2.45, 2.75) is 37.5 Å². The molecular formula is C29H28FN7O2. The normalized spacial score (nSPS) is 17.3. The highest BCUT2D eigenvalue weighted by atomic mass is 19.1. The zero-order valence-corrected chi connectivity index (χ0v) is 21.3. The van der Waals surface area contributed by atoms with Crippen LogP contribution in [0.15, 0.2) is 61.4 Å². The molecule has 1 aromatic carbocycles. The van der Waals surface area contributed by atoms with E-state index in [9.17, 15) is 9.59 Å². The number of halogens is 1. The molecule has 3 aromatic heterocycles. The lowest BCUT2D eigenvalue weighted by Crippen LogP contribution is -2.38. The summed E-state index contributed by atoms with van der Waals surface area (Å²) in [6.45, 7) is 4.77. The van der Waals surface area contributed by atoms with Gasteiger partial charge >= 0.3 is 0 Å². The van der Waals surface area contributed by atoms with Gasteiger partial charge in [-0.25, -0.2) is 19.3 Å². The first-order valence-electron chi connectivity index (χ1n) is 13.0. The Morgan fingerprint density at radius 3 is 2.67 bits per heavy atom. The third kappa shape index (κ3) is 4.73. The van der Waals surface area contributed by atoms with Gasteiger partial charge < -0.3 is 16.0 Å². The highest BCUT2D eigenvalue weighted by Crippen LogP contribution is 2.40. The fourth-order valence-electron chi connectivity index (χ4n) is 5.32. The van der Waals surface area contributed by atoms with Gasteiger partial charge in [-0.15, -0.1) is 0 Å². The number of rotatable bonds is 6. The second-order valence-corrected chi connectivity index (χ2v) is 10.1.